The Morgan fingerprint density at radius 3 is 3.24 bits per heavy atom. The van der Waals surface area contributed by atoms with E-state index in [0.29, 0.717) is 18.8 Å². The number of carbonyl (C=O) groups is 1. The molecule has 1 amide bonds. The van der Waals surface area contributed by atoms with Gasteiger partial charge < -0.3 is 10.7 Å². The molecule has 1 aliphatic rings. The molecular weight excluding hydrogens is 218 g/mol. The van der Waals surface area contributed by atoms with Gasteiger partial charge in [-0.2, -0.15) is 4.98 Å². The molecule has 1 unspecified atom stereocenters. The number of amides is 1. The third-order valence-corrected chi connectivity index (χ3v) is 2.83. The molecule has 0 aromatic carbocycles. The van der Waals surface area contributed by atoms with E-state index in [4.69, 9.17) is 5.73 Å². The first-order chi connectivity index (χ1) is 8.22. The molecule has 6 nitrogen and oxygen atoms in total. The van der Waals surface area contributed by atoms with Gasteiger partial charge in [0.1, 0.15) is 5.82 Å². The Morgan fingerprint density at radius 2 is 2.53 bits per heavy atom. The summed E-state index contributed by atoms with van der Waals surface area (Å²) < 4.78 is 0. The fourth-order valence-electron chi connectivity index (χ4n) is 1.93. The largest absolute Gasteiger partial charge is 0.368 e. The molecule has 1 aromatic heterocycles. The van der Waals surface area contributed by atoms with Crippen molar-refractivity contribution in [2.45, 2.75) is 12.8 Å². The van der Waals surface area contributed by atoms with E-state index in [1.54, 1.807) is 30.4 Å². The van der Waals surface area contributed by atoms with Gasteiger partial charge in [-0.05, 0) is 25.1 Å². The van der Waals surface area contributed by atoms with Gasteiger partial charge in [0.15, 0.2) is 0 Å². The summed E-state index contributed by atoms with van der Waals surface area (Å²) in [6, 6.07) is 1.70. The van der Waals surface area contributed by atoms with E-state index in [-0.39, 0.29) is 17.8 Å². The minimum absolute atomic E-state index is 0.00916. The highest BCUT2D eigenvalue weighted by molar-refractivity contribution is 5.97. The molecule has 1 saturated heterocycles. The van der Waals surface area contributed by atoms with E-state index in [1.165, 1.54) is 0 Å². The van der Waals surface area contributed by atoms with Gasteiger partial charge in [0.25, 0.3) is 0 Å². The Balaban J connectivity index is 2.12. The van der Waals surface area contributed by atoms with E-state index >= 15 is 0 Å². The lowest BCUT2D eigenvalue weighted by Gasteiger charge is -2.15. The van der Waals surface area contributed by atoms with Crippen LogP contribution in [0.25, 0.3) is 0 Å². The zero-order valence-electron chi connectivity index (χ0n) is 9.71. The molecule has 1 aliphatic heterocycles. The van der Waals surface area contributed by atoms with Crippen molar-refractivity contribution in [3.05, 3.63) is 12.3 Å². The molecule has 90 valence electrons. The van der Waals surface area contributed by atoms with Crippen molar-refractivity contribution < 1.29 is 4.79 Å². The number of aromatic nitrogens is 2. The number of hydrogen-bond acceptors (Lipinski definition) is 5. The van der Waals surface area contributed by atoms with Crippen LogP contribution in [0.5, 0.6) is 0 Å². The van der Waals surface area contributed by atoms with Gasteiger partial charge in [0.2, 0.25) is 11.9 Å². The number of aliphatic imine (C=N–C) groups is 1. The van der Waals surface area contributed by atoms with Crippen molar-refractivity contribution in [2.24, 2.45) is 10.9 Å². The number of hydrogen-bond donors (Lipinski definition) is 1. The predicted octanol–water partition coefficient (Wildman–Crippen LogP) is 0.502. The molecule has 2 rings (SSSR count). The summed E-state index contributed by atoms with van der Waals surface area (Å²) in [4.78, 5) is 25.5. The summed E-state index contributed by atoms with van der Waals surface area (Å²) >= 11 is 0. The van der Waals surface area contributed by atoms with E-state index in [0.717, 1.165) is 6.42 Å². The third kappa shape index (κ3) is 2.41. The number of nitrogens with two attached hydrogens (primary N) is 1. The highest BCUT2D eigenvalue weighted by atomic mass is 16.2. The van der Waals surface area contributed by atoms with E-state index in [9.17, 15) is 4.79 Å². The van der Waals surface area contributed by atoms with E-state index in [1.807, 2.05) is 0 Å². The molecular formula is C11H15N5O. The number of rotatable bonds is 3. The Labute approximate surface area is 99.6 Å². The van der Waals surface area contributed by atoms with Gasteiger partial charge in [-0.15, -0.1) is 0 Å². The van der Waals surface area contributed by atoms with Crippen molar-refractivity contribution in [3.63, 3.8) is 0 Å². The molecule has 0 aliphatic carbocycles. The fourth-order valence-corrected chi connectivity index (χ4v) is 1.93. The second-order valence-electron chi connectivity index (χ2n) is 3.92. The maximum Gasteiger partial charge on any atom is 0.231 e. The summed E-state index contributed by atoms with van der Waals surface area (Å²) in [5, 5.41) is 0. The van der Waals surface area contributed by atoms with Crippen LogP contribution >= 0.6 is 0 Å². The van der Waals surface area contributed by atoms with Crippen molar-refractivity contribution in [3.8, 4) is 0 Å². The normalized spacial score (nSPS) is 20.4. The second-order valence-corrected chi connectivity index (χ2v) is 3.92. The molecule has 1 atom stereocenters. The minimum Gasteiger partial charge on any atom is -0.368 e. The number of nitrogens with zero attached hydrogens (tertiary/aromatic N) is 4. The van der Waals surface area contributed by atoms with Crippen LogP contribution in [0.1, 0.15) is 12.8 Å². The molecule has 0 bridgehead atoms. The van der Waals surface area contributed by atoms with Crippen LogP contribution in [0.2, 0.25) is 0 Å². The highest BCUT2D eigenvalue weighted by Crippen LogP contribution is 2.25. The average molecular weight is 233 g/mol. The van der Waals surface area contributed by atoms with Crippen LogP contribution in [0.3, 0.4) is 0 Å². The Kier molecular flexibility index (Phi) is 3.32. The monoisotopic (exact) mass is 233 g/mol. The molecule has 0 spiro atoms. The van der Waals surface area contributed by atoms with Crippen LogP contribution in [-0.4, -0.2) is 35.7 Å². The maximum absolute atomic E-state index is 12.1. The van der Waals surface area contributed by atoms with Crippen LogP contribution in [0, 0.1) is 5.92 Å². The topological polar surface area (TPSA) is 84.5 Å². The number of nitrogen functional groups attached to an aromatic ring is 1. The Bertz CT molecular complexity index is 445. The van der Waals surface area contributed by atoms with Crippen LogP contribution in [0.15, 0.2) is 17.3 Å². The predicted molar refractivity (Wildman–Crippen MR) is 65.9 cm³/mol. The molecule has 6 heteroatoms. The molecule has 1 fully saturated rings. The Morgan fingerprint density at radius 1 is 1.71 bits per heavy atom. The van der Waals surface area contributed by atoms with E-state index in [2.05, 4.69) is 15.0 Å². The zero-order chi connectivity index (χ0) is 12.3. The SMILES string of the molecule is CN=CCC1CCN(c2ccnc(N)n2)C1=O. The summed E-state index contributed by atoms with van der Waals surface area (Å²) in [6.07, 6.45) is 4.85. The van der Waals surface area contributed by atoms with Crippen molar-refractivity contribution in [1.29, 1.82) is 0 Å². The highest BCUT2D eigenvalue weighted by Gasteiger charge is 2.32. The molecule has 2 N–H and O–H groups in total. The van der Waals surface area contributed by atoms with Gasteiger partial charge in [-0.25, -0.2) is 4.98 Å². The summed E-state index contributed by atoms with van der Waals surface area (Å²) in [5.41, 5.74) is 5.51. The number of anilines is 2. The van der Waals surface area contributed by atoms with Crippen LogP contribution in [0.4, 0.5) is 11.8 Å². The molecule has 0 saturated carbocycles. The van der Waals surface area contributed by atoms with Gasteiger partial charge in [-0.1, -0.05) is 0 Å². The summed E-state index contributed by atoms with van der Waals surface area (Å²) in [6.45, 7) is 0.678. The first-order valence-corrected chi connectivity index (χ1v) is 5.53. The lowest BCUT2D eigenvalue weighted by Crippen LogP contribution is -2.28. The summed E-state index contributed by atoms with van der Waals surface area (Å²) in [7, 11) is 1.71. The van der Waals surface area contributed by atoms with E-state index < -0.39 is 0 Å². The van der Waals surface area contributed by atoms with Gasteiger partial charge >= 0.3 is 0 Å². The van der Waals surface area contributed by atoms with Gasteiger partial charge in [-0.3, -0.25) is 9.69 Å². The second kappa shape index (κ2) is 4.90. The quantitative estimate of drug-likeness (QED) is 0.770. The first-order valence-electron chi connectivity index (χ1n) is 5.53. The maximum atomic E-state index is 12.1. The Hall–Kier alpha value is -1.98. The fraction of sp³-hybridized carbons (Fsp3) is 0.455. The van der Waals surface area contributed by atoms with Crippen molar-refractivity contribution in [2.75, 3.05) is 24.2 Å². The molecule has 0 radical (unpaired) electrons. The van der Waals surface area contributed by atoms with Crippen LogP contribution in [-0.2, 0) is 4.79 Å². The molecule has 17 heavy (non-hydrogen) atoms. The van der Waals surface area contributed by atoms with Gasteiger partial charge in [0, 0.05) is 25.7 Å². The average Bonchev–Trinajstić information content (AvgIpc) is 2.68. The van der Waals surface area contributed by atoms with Crippen molar-refractivity contribution >= 4 is 23.9 Å². The lowest BCUT2D eigenvalue weighted by atomic mass is 10.1. The van der Waals surface area contributed by atoms with Crippen LogP contribution < -0.4 is 10.6 Å². The molecule has 2 heterocycles. The number of carbonyl (C=O) groups excluding carboxylic acids is 1. The first kappa shape index (κ1) is 11.5. The summed E-state index contributed by atoms with van der Waals surface area (Å²) in [5.74, 6) is 0.866. The standard InChI is InChI=1S/C11H15N5O/c1-13-5-2-8-4-7-16(10(8)17)9-3-6-14-11(12)15-9/h3,5-6,8H,2,4,7H2,1H3,(H2,12,14,15). The zero-order valence-corrected chi connectivity index (χ0v) is 9.71. The minimum atomic E-state index is 0.00916. The third-order valence-electron chi connectivity index (χ3n) is 2.83. The van der Waals surface area contributed by atoms with Gasteiger partial charge in [0.05, 0.1) is 0 Å². The lowest BCUT2D eigenvalue weighted by molar-refractivity contribution is -0.120. The van der Waals surface area contributed by atoms with Crippen molar-refractivity contribution in [1.82, 2.24) is 9.97 Å². The molecule has 1 aromatic rings. The smallest absolute Gasteiger partial charge is 0.231 e.